The van der Waals surface area contributed by atoms with E-state index in [9.17, 15) is 4.79 Å². The summed E-state index contributed by atoms with van der Waals surface area (Å²) in [6.07, 6.45) is 0. The summed E-state index contributed by atoms with van der Waals surface area (Å²) in [7, 11) is 1.48. The van der Waals surface area contributed by atoms with E-state index in [4.69, 9.17) is 14.2 Å². The maximum atomic E-state index is 11.0. The highest BCUT2D eigenvalue weighted by Crippen LogP contribution is 2.00. The summed E-state index contributed by atoms with van der Waals surface area (Å²) in [5.74, 6) is -0.477. The lowest BCUT2D eigenvalue weighted by molar-refractivity contribution is -0.166. The third-order valence-electron chi connectivity index (χ3n) is 1.84. The molecule has 0 aliphatic carbocycles. The standard InChI is InChI=1S/C12H16O5/c1-14-9-16-8-12(13)17-10-15-7-11-5-3-2-4-6-11/h2-6H,7-10H2,1H3. The van der Waals surface area contributed by atoms with Gasteiger partial charge in [0, 0.05) is 7.11 Å². The third-order valence-corrected chi connectivity index (χ3v) is 1.84. The van der Waals surface area contributed by atoms with Crippen LogP contribution in [0.25, 0.3) is 0 Å². The summed E-state index contributed by atoms with van der Waals surface area (Å²) >= 11 is 0. The van der Waals surface area contributed by atoms with Crippen LogP contribution in [0.3, 0.4) is 0 Å². The molecule has 0 saturated carbocycles. The minimum absolute atomic E-state index is 0.0694. The van der Waals surface area contributed by atoms with Crippen molar-refractivity contribution in [3.8, 4) is 0 Å². The lowest BCUT2D eigenvalue weighted by atomic mass is 10.2. The van der Waals surface area contributed by atoms with E-state index in [0.717, 1.165) is 5.56 Å². The molecule has 17 heavy (non-hydrogen) atoms. The van der Waals surface area contributed by atoms with Crippen LogP contribution in [0.2, 0.25) is 0 Å². The Morgan fingerprint density at radius 3 is 2.59 bits per heavy atom. The molecule has 1 aromatic carbocycles. The van der Waals surface area contributed by atoms with Crippen LogP contribution in [-0.4, -0.2) is 33.3 Å². The normalized spacial score (nSPS) is 10.2. The highest BCUT2D eigenvalue weighted by atomic mass is 16.7. The van der Waals surface area contributed by atoms with Gasteiger partial charge >= 0.3 is 5.97 Å². The number of carbonyl (C=O) groups excluding carboxylic acids is 1. The van der Waals surface area contributed by atoms with Gasteiger partial charge in [-0.25, -0.2) is 4.79 Å². The summed E-state index contributed by atoms with van der Waals surface area (Å²) in [5.41, 5.74) is 1.03. The molecule has 0 atom stereocenters. The van der Waals surface area contributed by atoms with Crippen molar-refractivity contribution >= 4 is 5.97 Å². The van der Waals surface area contributed by atoms with Gasteiger partial charge in [0.1, 0.15) is 13.4 Å². The molecule has 1 aromatic rings. The lowest BCUT2D eigenvalue weighted by Crippen LogP contribution is -2.15. The van der Waals surface area contributed by atoms with E-state index in [0.29, 0.717) is 6.61 Å². The number of methoxy groups -OCH3 is 1. The van der Waals surface area contributed by atoms with E-state index in [1.807, 2.05) is 30.3 Å². The molecule has 1 rings (SSSR count). The Balaban J connectivity index is 2.02. The lowest BCUT2D eigenvalue weighted by Gasteiger charge is -2.06. The number of ether oxygens (including phenoxy) is 4. The Morgan fingerprint density at radius 2 is 1.88 bits per heavy atom. The second-order valence-corrected chi connectivity index (χ2v) is 3.22. The fraction of sp³-hybridized carbons (Fsp3) is 0.417. The SMILES string of the molecule is COCOCC(=O)OCOCc1ccccc1. The zero-order valence-electron chi connectivity index (χ0n) is 9.76. The van der Waals surface area contributed by atoms with Crippen molar-refractivity contribution in [1.29, 1.82) is 0 Å². The number of esters is 1. The predicted molar refractivity (Wildman–Crippen MR) is 60.0 cm³/mol. The summed E-state index contributed by atoms with van der Waals surface area (Å²) in [6, 6.07) is 9.64. The monoisotopic (exact) mass is 240 g/mol. The van der Waals surface area contributed by atoms with Crippen molar-refractivity contribution < 1.29 is 23.7 Å². The highest BCUT2D eigenvalue weighted by Gasteiger charge is 2.02. The Labute approximate surface area is 100 Å². The topological polar surface area (TPSA) is 54.0 Å². The predicted octanol–water partition coefficient (Wildman–Crippen LogP) is 1.32. The van der Waals surface area contributed by atoms with Crippen molar-refractivity contribution in [3.63, 3.8) is 0 Å². The van der Waals surface area contributed by atoms with Crippen LogP contribution >= 0.6 is 0 Å². The van der Waals surface area contributed by atoms with Crippen LogP contribution in [-0.2, 0) is 30.3 Å². The maximum Gasteiger partial charge on any atom is 0.334 e. The first-order chi connectivity index (χ1) is 8.33. The average Bonchev–Trinajstić information content (AvgIpc) is 2.36. The van der Waals surface area contributed by atoms with Gasteiger partial charge in [0.25, 0.3) is 0 Å². The largest absolute Gasteiger partial charge is 0.437 e. The molecule has 0 heterocycles. The molecule has 0 radical (unpaired) electrons. The molecule has 5 nitrogen and oxygen atoms in total. The molecule has 5 heteroatoms. The second-order valence-electron chi connectivity index (χ2n) is 3.22. The van der Waals surface area contributed by atoms with E-state index in [2.05, 4.69) is 4.74 Å². The molecular formula is C12H16O5. The van der Waals surface area contributed by atoms with Crippen molar-refractivity contribution in [2.75, 3.05) is 27.3 Å². The number of rotatable bonds is 8. The first-order valence-corrected chi connectivity index (χ1v) is 5.17. The summed E-state index contributed by atoms with van der Waals surface area (Å²) in [4.78, 5) is 11.0. The fourth-order valence-electron chi connectivity index (χ4n) is 1.09. The molecule has 0 bridgehead atoms. The molecule has 0 fully saturated rings. The first-order valence-electron chi connectivity index (χ1n) is 5.17. The number of hydrogen-bond acceptors (Lipinski definition) is 5. The van der Waals surface area contributed by atoms with Gasteiger partial charge in [-0.1, -0.05) is 30.3 Å². The van der Waals surface area contributed by atoms with Gasteiger partial charge in [0.15, 0.2) is 6.79 Å². The summed E-state index contributed by atoms with van der Waals surface area (Å²) in [5, 5.41) is 0. The Hall–Kier alpha value is -1.43. The highest BCUT2D eigenvalue weighted by molar-refractivity contribution is 5.70. The summed E-state index contributed by atoms with van der Waals surface area (Å²) in [6.45, 7) is 0.264. The van der Waals surface area contributed by atoms with Gasteiger partial charge in [-0.05, 0) is 5.56 Å². The van der Waals surface area contributed by atoms with Gasteiger partial charge in [0.05, 0.1) is 6.61 Å². The zero-order valence-corrected chi connectivity index (χ0v) is 9.76. The fourth-order valence-corrected chi connectivity index (χ4v) is 1.09. The molecule has 0 amide bonds. The minimum atomic E-state index is -0.477. The quantitative estimate of drug-likeness (QED) is 0.390. The molecule has 0 spiro atoms. The average molecular weight is 240 g/mol. The third kappa shape index (κ3) is 6.68. The van der Waals surface area contributed by atoms with Gasteiger partial charge in [-0.3, -0.25) is 0 Å². The number of benzene rings is 1. The minimum Gasteiger partial charge on any atom is -0.437 e. The van der Waals surface area contributed by atoms with Crippen molar-refractivity contribution in [2.45, 2.75) is 6.61 Å². The van der Waals surface area contributed by atoms with Crippen molar-refractivity contribution in [2.24, 2.45) is 0 Å². The molecule has 0 aliphatic rings. The molecule has 0 saturated heterocycles. The van der Waals surface area contributed by atoms with Crippen LogP contribution in [0.15, 0.2) is 30.3 Å². The smallest absolute Gasteiger partial charge is 0.334 e. The van der Waals surface area contributed by atoms with Gasteiger partial charge in [0.2, 0.25) is 0 Å². The first kappa shape index (κ1) is 13.6. The van der Waals surface area contributed by atoms with Crippen LogP contribution in [0.5, 0.6) is 0 Å². The maximum absolute atomic E-state index is 11.0. The van der Waals surface area contributed by atoms with Crippen LogP contribution in [0.4, 0.5) is 0 Å². The van der Waals surface area contributed by atoms with E-state index >= 15 is 0 Å². The Kier molecular flexibility index (Phi) is 6.97. The molecule has 0 unspecified atom stereocenters. The van der Waals surface area contributed by atoms with Crippen LogP contribution < -0.4 is 0 Å². The Morgan fingerprint density at radius 1 is 1.12 bits per heavy atom. The molecule has 0 N–H and O–H groups in total. The van der Waals surface area contributed by atoms with E-state index in [1.165, 1.54) is 7.11 Å². The van der Waals surface area contributed by atoms with E-state index < -0.39 is 5.97 Å². The molecule has 0 aromatic heterocycles. The van der Waals surface area contributed by atoms with Gasteiger partial charge in [-0.2, -0.15) is 0 Å². The van der Waals surface area contributed by atoms with Crippen LogP contribution in [0, 0.1) is 0 Å². The van der Waals surface area contributed by atoms with Crippen molar-refractivity contribution in [3.05, 3.63) is 35.9 Å². The molecule has 94 valence electrons. The van der Waals surface area contributed by atoms with Gasteiger partial charge in [-0.15, -0.1) is 0 Å². The van der Waals surface area contributed by atoms with E-state index in [1.54, 1.807) is 0 Å². The van der Waals surface area contributed by atoms with Crippen molar-refractivity contribution in [1.82, 2.24) is 0 Å². The molecular weight excluding hydrogens is 224 g/mol. The van der Waals surface area contributed by atoms with Gasteiger partial charge < -0.3 is 18.9 Å². The van der Waals surface area contributed by atoms with E-state index in [-0.39, 0.29) is 20.2 Å². The number of hydrogen-bond donors (Lipinski definition) is 0. The Bertz CT molecular complexity index is 312. The zero-order chi connectivity index (χ0) is 12.3. The second kappa shape index (κ2) is 8.69. The number of carbonyl (C=O) groups is 1. The summed E-state index contributed by atoms with van der Waals surface area (Å²) < 4.78 is 19.4. The molecule has 0 aliphatic heterocycles. The van der Waals surface area contributed by atoms with Crippen LogP contribution in [0.1, 0.15) is 5.56 Å².